The summed E-state index contributed by atoms with van der Waals surface area (Å²) in [6.07, 6.45) is 1.18. The summed E-state index contributed by atoms with van der Waals surface area (Å²) in [7, 11) is 1.18. The van der Waals surface area contributed by atoms with Crippen LogP contribution in [0.4, 0.5) is 4.79 Å². The van der Waals surface area contributed by atoms with Crippen LogP contribution in [0, 0.1) is 0 Å². The molecule has 0 saturated carbocycles. The van der Waals surface area contributed by atoms with E-state index in [9.17, 15) is 14.4 Å². The smallest absolute Gasteiger partial charge is 0.407 e. The number of carbonyl (C=O) groups excluding carboxylic acids is 2. The molecule has 7 nitrogen and oxygen atoms in total. The molecule has 0 aromatic rings. The Morgan fingerprint density at radius 1 is 1.21 bits per heavy atom. The molecule has 112 valence electrons. The van der Waals surface area contributed by atoms with Gasteiger partial charge >= 0.3 is 12.1 Å². The molecule has 0 radical (unpaired) electrons. The molecule has 7 heteroatoms. The van der Waals surface area contributed by atoms with Crippen molar-refractivity contribution in [1.82, 2.24) is 10.2 Å². The van der Waals surface area contributed by atoms with Gasteiger partial charge in [-0.15, -0.1) is 0 Å². The van der Waals surface area contributed by atoms with Gasteiger partial charge in [0.1, 0.15) is 13.1 Å². The lowest BCUT2D eigenvalue weighted by atomic mass is 10.3. The Bertz CT molecular complexity index is 281. The highest BCUT2D eigenvalue weighted by molar-refractivity contribution is 5.85. The molecule has 0 saturated heterocycles. The van der Waals surface area contributed by atoms with E-state index in [2.05, 4.69) is 23.9 Å². The van der Waals surface area contributed by atoms with Crippen molar-refractivity contribution in [2.75, 3.05) is 26.7 Å². The highest BCUT2D eigenvalue weighted by Crippen LogP contribution is 1.92. The molecule has 0 aromatic carbocycles. The Morgan fingerprint density at radius 2 is 1.74 bits per heavy atom. The van der Waals surface area contributed by atoms with Crippen LogP contribution < -0.4 is 5.32 Å². The Kier molecular flexibility index (Phi) is 13.0. The van der Waals surface area contributed by atoms with Gasteiger partial charge in [0.25, 0.3) is 0 Å². The van der Waals surface area contributed by atoms with E-state index in [1.807, 2.05) is 6.92 Å². The minimum Gasteiger partial charge on any atom is -0.480 e. The highest BCUT2D eigenvalue weighted by atomic mass is 16.5. The Hall–Kier alpha value is -1.79. The molecular formula is C12H24N2O5. The lowest BCUT2D eigenvalue weighted by Crippen LogP contribution is -2.42. The number of aliphatic carboxylic acids is 1. The Labute approximate surface area is 113 Å². The molecule has 0 aliphatic carbocycles. The monoisotopic (exact) mass is 276 g/mol. The standard InChI is InChI=1S/C9H16N2O5.C3H8/c1-3-4-11(6-8(13)14)7(12)5-10-9(15)16-2;1-3-2/h3-6H2,1-2H3,(H,10,15)(H,13,14);3H2,1-2H3. The number of methoxy groups -OCH3 is 1. The first-order valence-electron chi connectivity index (χ1n) is 6.24. The second kappa shape index (κ2) is 12.7. The number of ether oxygens (including phenoxy) is 1. The number of carboxylic acid groups (broad SMARTS) is 1. The zero-order valence-electron chi connectivity index (χ0n) is 12.1. The van der Waals surface area contributed by atoms with Gasteiger partial charge in [-0.05, 0) is 6.42 Å². The van der Waals surface area contributed by atoms with Crippen LogP contribution >= 0.6 is 0 Å². The third-order valence-corrected chi connectivity index (χ3v) is 1.74. The van der Waals surface area contributed by atoms with Crippen molar-refractivity contribution >= 4 is 18.0 Å². The zero-order valence-corrected chi connectivity index (χ0v) is 12.1. The van der Waals surface area contributed by atoms with Crippen LogP contribution in [-0.2, 0) is 14.3 Å². The Morgan fingerprint density at radius 3 is 2.11 bits per heavy atom. The lowest BCUT2D eigenvalue weighted by molar-refractivity contribution is -0.144. The molecule has 0 fully saturated rings. The molecule has 2 amide bonds. The number of nitrogens with one attached hydrogen (secondary N) is 1. The molecule has 0 aliphatic rings. The predicted octanol–water partition coefficient (Wildman–Crippen LogP) is 1.08. The first-order chi connectivity index (χ1) is 8.92. The molecule has 0 aromatic heterocycles. The van der Waals surface area contributed by atoms with Crippen molar-refractivity contribution in [2.45, 2.75) is 33.6 Å². The number of carbonyl (C=O) groups is 3. The van der Waals surface area contributed by atoms with Crippen LogP contribution in [0.25, 0.3) is 0 Å². The molecule has 0 aliphatic heterocycles. The van der Waals surface area contributed by atoms with E-state index in [4.69, 9.17) is 5.11 Å². The van der Waals surface area contributed by atoms with Gasteiger partial charge in [0.15, 0.2) is 0 Å². The molecule has 0 unspecified atom stereocenters. The summed E-state index contributed by atoms with van der Waals surface area (Å²) in [6, 6.07) is 0. The molecule has 19 heavy (non-hydrogen) atoms. The van der Waals surface area contributed by atoms with Crippen LogP contribution in [-0.4, -0.2) is 54.7 Å². The van der Waals surface area contributed by atoms with Crippen LogP contribution in [0.5, 0.6) is 0 Å². The number of nitrogens with zero attached hydrogens (tertiary/aromatic N) is 1. The SMILES string of the molecule is CCC.CCCN(CC(=O)O)C(=O)CNC(=O)OC. The highest BCUT2D eigenvalue weighted by Gasteiger charge is 2.16. The van der Waals surface area contributed by atoms with Gasteiger partial charge in [0.2, 0.25) is 5.91 Å². The van der Waals surface area contributed by atoms with E-state index < -0.39 is 18.0 Å². The van der Waals surface area contributed by atoms with Crippen LogP contribution in [0.1, 0.15) is 33.6 Å². The minimum atomic E-state index is -1.08. The summed E-state index contributed by atoms with van der Waals surface area (Å²) in [4.78, 5) is 33.8. The fraction of sp³-hybridized carbons (Fsp3) is 0.750. The number of hydrogen-bond donors (Lipinski definition) is 2. The van der Waals surface area contributed by atoms with Gasteiger partial charge in [0, 0.05) is 6.54 Å². The third-order valence-electron chi connectivity index (χ3n) is 1.74. The first-order valence-corrected chi connectivity index (χ1v) is 6.24. The molecule has 0 atom stereocenters. The normalized spacial score (nSPS) is 8.84. The van der Waals surface area contributed by atoms with Crippen LogP contribution in [0.3, 0.4) is 0 Å². The number of amides is 2. The van der Waals surface area contributed by atoms with Gasteiger partial charge < -0.3 is 20.1 Å². The van der Waals surface area contributed by atoms with E-state index in [0.717, 1.165) is 4.90 Å². The topological polar surface area (TPSA) is 95.9 Å². The maximum atomic E-state index is 11.5. The van der Waals surface area contributed by atoms with E-state index >= 15 is 0 Å². The fourth-order valence-corrected chi connectivity index (χ4v) is 1.06. The van der Waals surface area contributed by atoms with Crippen molar-refractivity contribution in [3.63, 3.8) is 0 Å². The van der Waals surface area contributed by atoms with E-state index in [-0.39, 0.29) is 13.1 Å². The van der Waals surface area contributed by atoms with Gasteiger partial charge in [-0.2, -0.15) is 0 Å². The van der Waals surface area contributed by atoms with Crippen molar-refractivity contribution < 1.29 is 24.2 Å². The van der Waals surface area contributed by atoms with Crippen molar-refractivity contribution in [3.05, 3.63) is 0 Å². The predicted molar refractivity (Wildman–Crippen MR) is 70.9 cm³/mol. The van der Waals surface area contributed by atoms with Gasteiger partial charge in [-0.1, -0.05) is 27.2 Å². The molecule has 0 spiro atoms. The van der Waals surface area contributed by atoms with E-state index in [1.165, 1.54) is 13.5 Å². The quantitative estimate of drug-likeness (QED) is 0.756. The van der Waals surface area contributed by atoms with Crippen molar-refractivity contribution in [3.8, 4) is 0 Å². The average molecular weight is 276 g/mol. The van der Waals surface area contributed by atoms with Crippen LogP contribution in [0.2, 0.25) is 0 Å². The summed E-state index contributed by atoms with van der Waals surface area (Å²) >= 11 is 0. The number of carboxylic acids is 1. The van der Waals surface area contributed by atoms with E-state index in [0.29, 0.717) is 13.0 Å². The molecular weight excluding hydrogens is 252 g/mol. The molecule has 0 bridgehead atoms. The third kappa shape index (κ3) is 12.5. The summed E-state index contributed by atoms with van der Waals surface area (Å²) in [6.45, 7) is 5.79. The zero-order chi connectivity index (χ0) is 15.3. The summed E-state index contributed by atoms with van der Waals surface area (Å²) in [5.41, 5.74) is 0. The molecule has 0 heterocycles. The second-order valence-corrected chi connectivity index (χ2v) is 3.76. The first kappa shape index (κ1) is 19.5. The summed E-state index contributed by atoms with van der Waals surface area (Å²) in [5, 5.41) is 10.8. The second-order valence-electron chi connectivity index (χ2n) is 3.76. The van der Waals surface area contributed by atoms with Crippen LogP contribution in [0.15, 0.2) is 0 Å². The lowest BCUT2D eigenvalue weighted by Gasteiger charge is -2.19. The van der Waals surface area contributed by atoms with Crippen molar-refractivity contribution in [2.24, 2.45) is 0 Å². The molecule has 0 rings (SSSR count). The minimum absolute atomic E-state index is 0.264. The van der Waals surface area contributed by atoms with Gasteiger partial charge in [0.05, 0.1) is 7.11 Å². The summed E-state index contributed by atoms with van der Waals surface area (Å²) < 4.78 is 4.28. The van der Waals surface area contributed by atoms with Gasteiger partial charge in [-0.25, -0.2) is 4.79 Å². The number of hydrogen-bond acceptors (Lipinski definition) is 4. The molecule has 2 N–H and O–H groups in total. The van der Waals surface area contributed by atoms with Gasteiger partial charge in [-0.3, -0.25) is 9.59 Å². The van der Waals surface area contributed by atoms with E-state index in [1.54, 1.807) is 0 Å². The summed E-state index contributed by atoms with van der Waals surface area (Å²) in [5.74, 6) is -1.53. The fourth-order valence-electron chi connectivity index (χ4n) is 1.06. The number of rotatable bonds is 6. The van der Waals surface area contributed by atoms with Crippen molar-refractivity contribution in [1.29, 1.82) is 0 Å². The maximum absolute atomic E-state index is 11.5. The Balaban J connectivity index is 0. The maximum Gasteiger partial charge on any atom is 0.407 e. The number of alkyl carbamates (subject to hydrolysis) is 1. The average Bonchev–Trinajstić information content (AvgIpc) is 2.35. The largest absolute Gasteiger partial charge is 0.480 e.